The van der Waals surface area contributed by atoms with Crippen molar-refractivity contribution in [2.75, 3.05) is 13.2 Å². The smallest absolute Gasteiger partial charge is 0.220 e. The highest BCUT2D eigenvalue weighted by Crippen LogP contribution is 2.22. The molecule has 1 saturated heterocycles. The number of nitrogens with one attached hydrogen (secondary N) is 1. The van der Waals surface area contributed by atoms with E-state index >= 15 is 0 Å². The van der Waals surface area contributed by atoms with Crippen molar-refractivity contribution < 1.29 is 39.8 Å². The minimum atomic E-state index is -1.56. The van der Waals surface area contributed by atoms with Crippen LogP contribution in [0.3, 0.4) is 0 Å². The van der Waals surface area contributed by atoms with Crippen LogP contribution in [0.4, 0.5) is 0 Å². The molecule has 7 atom stereocenters. The number of unbranched alkanes of at least 4 members (excludes halogenated alkanes) is 14. The third kappa shape index (κ3) is 15.8. The lowest BCUT2D eigenvalue weighted by Gasteiger charge is -2.40. The second kappa shape index (κ2) is 23.5. The van der Waals surface area contributed by atoms with E-state index in [0.717, 1.165) is 19.3 Å². The van der Waals surface area contributed by atoms with Gasteiger partial charge in [0.1, 0.15) is 24.4 Å². The fraction of sp³-hybridized carbons (Fsp3) is 0.903. The molecule has 0 saturated carbocycles. The van der Waals surface area contributed by atoms with Crippen molar-refractivity contribution in [2.45, 2.75) is 166 Å². The van der Waals surface area contributed by atoms with Gasteiger partial charge in [-0.15, -0.1) is 0 Å². The number of hydrogen-bond donors (Lipinski definition) is 6. The highest BCUT2D eigenvalue weighted by Gasteiger charge is 2.44. The van der Waals surface area contributed by atoms with Crippen LogP contribution in [-0.4, -0.2) is 87.5 Å². The Bertz CT molecular complexity index is 647. The van der Waals surface area contributed by atoms with E-state index in [0.29, 0.717) is 12.8 Å². The van der Waals surface area contributed by atoms with E-state index < -0.39 is 49.5 Å². The topological polar surface area (TPSA) is 149 Å². The summed E-state index contributed by atoms with van der Waals surface area (Å²) in [6, 6.07) is -0.793. The first-order valence-electron chi connectivity index (χ1n) is 15.9. The fourth-order valence-corrected chi connectivity index (χ4v) is 4.96. The van der Waals surface area contributed by atoms with Gasteiger partial charge < -0.3 is 40.3 Å². The molecule has 1 rings (SSSR count). The predicted molar refractivity (Wildman–Crippen MR) is 157 cm³/mol. The van der Waals surface area contributed by atoms with E-state index in [1.165, 1.54) is 77.0 Å². The first kappa shape index (κ1) is 37.0. The Kier molecular flexibility index (Phi) is 21.7. The van der Waals surface area contributed by atoms with E-state index in [-0.39, 0.29) is 12.5 Å². The molecule has 6 N–H and O–H groups in total. The summed E-state index contributed by atoms with van der Waals surface area (Å²) in [6.45, 7) is 3.38. The SMILES string of the molecule is CCCCCCCCCCCCCCCC/C=C/C(O)C(COC1OC(CO)C(O)C(O)C1O)NC(=O)CCC. The lowest BCUT2D eigenvalue weighted by atomic mass is 9.99. The van der Waals surface area contributed by atoms with E-state index in [2.05, 4.69) is 12.2 Å². The van der Waals surface area contributed by atoms with Gasteiger partial charge in [0, 0.05) is 6.42 Å². The van der Waals surface area contributed by atoms with Crippen LogP contribution in [0, 0.1) is 0 Å². The van der Waals surface area contributed by atoms with Crippen LogP contribution < -0.4 is 5.32 Å². The molecule has 236 valence electrons. The first-order chi connectivity index (χ1) is 19.3. The fourth-order valence-electron chi connectivity index (χ4n) is 4.96. The second-order valence-electron chi connectivity index (χ2n) is 11.3. The van der Waals surface area contributed by atoms with E-state index in [4.69, 9.17) is 9.47 Å². The van der Waals surface area contributed by atoms with Gasteiger partial charge >= 0.3 is 0 Å². The summed E-state index contributed by atoms with van der Waals surface area (Å²) in [5, 5.41) is 52.9. The Morgan fingerprint density at radius 2 is 1.38 bits per heavy atom. The molecular weight excluding hydrogens is 514 g/mol. The Morgan fingerprint density at radius 3 is 1.90 bits per heavy atom. The summed E-state index contributed by atoms with van der Waals surface area (Å²) in [5.74, 6) is -0.232. The summed E-state index contributed by atoms with van der Waals surface area (Å²) in [4.78, 5) is 12.2. The predicted octanol–water partition coefficient (Wildman–Crippen LogP) is 3.88. The minimum absolute atomic E-state index is 0.192. The Hall–Kier alpha value is -1.07. The summed E-state index contributed by atoms with van der Waals surface area (Å²) in [7, 11) is 0. The van der Waals surface area contributed by atoms with Gasteiger partial charge in [-0.1, -0.05) is 109 Å². The van der Waals surface area contributed by atoms with Crippen molar-refractivity contribution in [2.24, 2.45) is 0 Å². The Labute approximate surface area is 242 Å². The van der Waals surface area contributed by atoms with E-state index in [1.807, 2.05) is 13.0 Å². The van der Waals surface area contributed by atoms with E-state index in [1.54, 1.807) is 6.08 Å². The molecule has 0 aromatic rings. The second-order valence-corrected chi connectivity index (χ2v) is 11.3. The summed E-state index contributed by atoms with van der Waals surface area (Å²) >= 11 is 0. The van der Waals surface area contributed by atoms with Gasteiger partial charge in [-0.3, -0.25) is 4.79 Å². The molecule has 1 amide bonds. The molecule has 0 spiro atoms. The van der Waals surface area contributed by atoms with Crippen molar-refractivity contribution in [3.05, 3.63) is 12.2 Å². The van der Waals surface area contributed by atoms with Crippen LogP contribution in [-0.2, 0) is 14.3 Å². The van der Waals surface area contributed by atoms with Crippen molar-refractivity contribution in [3.63, 3.8) is 0 Å². The van der Waals surface area contributed by atoms with Crippen molar-refractivity contribution in [1.82, 2.24) is 5.32 Å². The molecule has 9 nitrogen and oxygen atoms in total. The molecule has 1 aliphatic heterocycles. The molecule has 0 aromatic carbocycles. The third-order valence-electron chi connectivity index (χ3n) is 7.58. The largest absolute Gasteiger partial charge is 0.394 e. The number of carbonyl (C=O) groups excluding carboxylic acids is 1. The lowest BCUT2D eigenvalue weighted by molar-refractivity contribution is -0.302. The zero-order valence-electron chi connectivity index (χ0n) is 25.1. The molecule has 7 unspecified atom stereocenters. The number of ether oxygens (including phenoxy) is 2. The highest BCUT2D eigenvalue weighted by atomic mass is 16.7. The van der Waals surface area contributed by atoms with Gasteiger partial charge in [0.25, 0.3) is 0 Å². The molecule has 9 heteroatoms. The van der Waals surface area contributed by atoms with Crippen LogP contribution in [0.1, 0.15) is 123 Å². The third-order valence-corrected chi connectivity index (χ3v) is 7.58. The number of allylic oxidation sites excluding steroid dienone is 1. The average Bonchev–Trinajstić information content (AvgIpc) is 2.94. The number of aliphatic hydroxyl groups is 5. The van der Waals surface area contributed by atoms with Crippen molar-refractivity contribution in [3.8, 4) is 0 Å². The Morgan fingerprint density at radius 1 is 0.825 bits per heavy atom. The van der Waals surface area contributed by atoms with E-state index in [9.17, 15) is 30.3 Å². The molecule has 0 aliphatic carbocycles. The van der Waals surface area contributed by atoms with Crippen molar-refractivity contribution in [1.29, 1.82) is 0 Å². The number of rotatable bonds is 24. The van der Waals surface area contributed by atoms with Crippen LogP contribution in [0.2, 0.25) is 0 Å². The molecule has 1 heterocycles. The Balaban J connectivity index is 2.30. The van der Waals surface area contributed by atoms with Gasteiger partial charge in [-0.2, -0.15) is 0 Å². The molecule has 1 aliphatic rings. The molecule has 0 bridgehead atoms. The minimum Gasteiger partial charge on any atom is -0.394 e. The van der Waals surface area contributed by atoms with Gasteiger partial charge in [0.05, 0.1) is 25.4 Å². The summed E-state index contributed by atoms with van der Waals surface area (Å²) in [5.41, 5.74) is 0. The van der Waals surface area contributed by atoms with Crippen LogP contribution in [0.15, 0.2) is 12.2 Å². The highest BCUT2D eigenvalue weighted by molar-refractivity contribution is 5.76. The number of amides is 1. The average molecular weight is 574 g/mol. The maximum Gasteiger partial charge on any atom is 0.220 e. The molecule has 0 aromatic heterocycles. The summed E-state index contributed by atoms with van der Waals surface area (Å²) in [6.07, 6.45) is 15.6. The van der Waals surface area contributed by atoms with Gasteiger partial charge in [0.15, 0.2) is 6.29 Å². The monoisotopic (exact) mass is 573 g/mol. The number of hydrogen-bond acceptors (Lipinski definition) is 8. The normalized spacial score (nSPS) is 24.8. The number of carbonyl (C=O) groups is 1. The molecule has 0 radical (unpaired) electrons. The van der Waals surface area contributed by atoms with Gasteiger partial charge in [-0.05, 0) is 19.3 Å². The van der Waals surface area contributed by atoms with Crippen LogP contribution in [0.25, 0.3) is 0 Å². The maximum absolute atomic E-state index is 12.2. The lowest BCUT2D eigenvalue weighted by Crippen LogP contribution is -2.60. The van der Waals surface area contributed by atoms with Gasteiger partial charge in [-0.25, -0.2) is 0 Å². The molecule has 1 fully saturated rings. The van der Waals surface area contributed by atoms with Crippen LogP contribution in [0.5, 0.6) is 0 Å². The standard InChI is InChI=1S/C31H59NO8/c1-3-5-6-7-8-9-10-11-12-13-14-15-16-17-18-19-21-25(34)24(32-27(35)20-4-2)23-39-31-30(38)29(37)28(36)26(22-33)40-31/h19,21,24-26,28-31,33-34,36-38H,3-18,20,22-23H2,1-2H3,(H,32,35)/b21-19+. The summed E-state index contributed by atoms with van der Waals surface area (Å²) < 4.78 is 10.9. The van der Waals surface area contributed by atoms with Gasteiger partial charge in [0.2, 0.25) is 5.91 Å². The first-order valence-corrected chi connectivity index (χ1v) is 15.9. The van der Waals surface area contributed by atoms with Crippen LogP contribution >= 0.6 is 0 Å². The molecular formula is C31H59NO8. The zero-order chi connectivity index (χ0) is 29.6. The maximum atomic E-state index is 12.2. The van der Waals surface area contributed by atoms with Crippen molar-refractivity contribution >= 4 is 5.91 Å². The number of aliphatic hydroxyl groups excluding tert-OH is 5. The molecule has 40 heavy (non-hydrogen) atoms. The quantitative estimate of drug-likeness (QED) is 0.0753. The zero-order valence-corrected chi connectivity index (χ0v) is 25.1.